The highest BCUT2D eigenvalue weighted by atomic mass is 16.5. The Morgan fingerprint density at radius 1 is 1.29 bits per heavy atom. The van der Waals surface area contributed by atoms with Gasteiger partial charge in [0.25, 0.3) is 0 Å². The average Bonchev–Trinajstić information content (AvgIpc) is 3.14. The fourth-order valence-corrected chi connectivity index (χ4v) is 3.02. The van der Waals surface area contributed by atoms with Crippen LogP contribution in [-0.4, -0.2) is 38.0 Å². The molecule has 17 heavy (non-hydrogen) atoms. The van der Waals surface area contributed by atoms with E-state index in [1.54, 1.807) is 0 Å². The Morgan fingerprint density at radius 2 is 2.00 bits per heavy atom. The van der Waals surface area contributed by atoms with Crippen LogP contribution in [0.4, 0.5) is 0 Å². The van der Waals surface area contributed by atoms with Crippen LogP contribution in [-0.2, 0) is 9.47 Å². The Kier molecular flexibility index (Phi) is 4.83. The first-order valence-corrected chi connectivity index (χ1v) is 7.26. The summed E-state index contributed by atoms with van der Waals surface area (Å²) in [5, 5.41) is 3.67. The summed E-state index contributed by atoms with van der Waals surface area (Å²) < 4.78 is 11.7. The number of hydrogen-bond donors (Lipinski definition) is 1. The molecule has 1 aliphatic heterocycles. The van der Waals surface area contributed by atoms with Gasteiger partial charge in [-0.25, -0.2) is 0 Å². The van der Waals surface area contributed by atoms with Gasteiger partial charge in [0, 0.05) is 38.7 Å². The van der Waals surface area contributed by atoms with Crippen molar-refractivity contribution >= 4 is 0 Å². The summed E-state index contributed by atoms with van der Waals surface area (Å²) >= 11 is 0. The summed E-state index contributed by atoms with van der Waals surface area (Å²) in [4.78, 5) is 0. The lowest BCUT2D eigenvalue weighted by Crippen LogP contribution is -2.55. The van der Waals surface area contributed by atoms with E-state index in [1.165, 1.54) is 19.3 Å². The number of likely N-dealkylation sites (N-methyl/N-ethyl adjacent to an activating group) is 1. The number of ether oxygens (including phenoxy) is 2. The van der Waals surface area contributed by atoms with Crippen molar-refractivity contribution < 1.29 is 9.47 Å². The van der Waals surface area contributed by atoms with E-state index in [0.29, 0.717) is 6.04 Å². The van der Waals surface area contributed by atoms with Crippen molar-refractivity contribution in [1.29, 1.82) is 0 Å². The number of rotatable bonds is 7. The zero-order valence-electron chi connectivity index (χ0n) is 11.3. The fraction of sp³-hybridized carbons (Fsp3) is 1.00. The smallest absolute Gasteiger partial charge is 0.0878 e. The van der Waals surface area contributed by atoms with Gasteiger partial charge in [-0.2, -0.15) is 0 Å². The fourth-order valence-electron chi connectivity index (χ4n) is 3.02. The van der Waals surface area contributed by atoms with Gasteiger partial charge in [-0.3, -0.25) is 0 Å². The van der Waals surface area contributed by atoms with E-state index in [-0.39, 0.29) is 5.60 Å². The van der Waals surface area contributed by atoms with E-state index in [2.05, 4.69) is 19.2 Å². The molecule has 0 bridgehead atoms. The maximum atomic E-state index is 6.17. The minimum Gasteiger partial charge on any atom is -0.381 e. The highest BCUT2D eigenvalue weighted by Crippen LogP contribution is 2.39. The van der Waals surface area contributed by atoms with Gasteiger partial charge in [0.2, 0.25) is 0 Å². The van der Waals surface area contributed by atoms with E-state index in [0.717, 1.165) is 45.1 Å². The van der Waals surface area contributed by atoms with Crippen molar-refractivity contribution in [1.82, 2.24) is 5.32 Å². The standard InChI is InChI=1S/C14H27NO2/c1-3-15-13(11-12-5-6-12)14(17-4-2)7-9-16-10-8-14/h12-13,15H,3-11H2,1-2H3. The molecule has 100 valence electrons. The monoisotopic (exact) mass is 241 g/mol. The Hall–Kier alpha value is -0.120. The van der Waals surface area contributed by atoms with E-state index in [1.807, 2.05) is 0 Å². The van der Waals surface area contributed by atoms with Crippen LogP contribution in [0.15, 0.2) is 0 Å². The second kappa shape index (κ2) is 6.17. The van der Waals surface area contributed by atoms with Crippen LogP contribution in [0.25, 0.3) is 0 Å². The zero-order chi connectivity index (χ0) is 12.1. The molecule has 2 fully saturated rings. The summed E-state index contributed by atoms with van der Waals surface area (Å²) in [7, 11) is 0. The summed E-state index contributed by atoms with van der Waals surface area (Å²) in [5.41, 5.74) is 0.0333. The molecule has 1 saturated carbocycles. The van der Waals surface area contributed by atoms with Gasteiger partial charge in [0.15, 0.2) is 0 Å². The second-order valence-corrected chi connectivity index (χ2v) is 5.40. The molecule has 2 rings (SSSR count). The molecular formula is C14H27NO2. The molecule has 0 amide bonds. The predicted octanol–water partition coefficient (Wildman–Crippen LogP) is 2.35. The Labute approximate surface area is 105 Å². The molecule has 3 nitrogen and oxygen atoms in total. The maximum Gasteiger partial charge on any atom is 0.0878 e. The summed E-state index contributed by atoms with van der Waals surface area (Å²) in [6, 6.07) is 0.517. The Morgan fingerprint density at radius 3 is 2.53 bits per heavy atom. The third-order valence-electron chi connectivity index (χ3n) is 4.12. The van der Waals surface area contributed by atoms with Crippen molar-refractivity contribution in [3.05, 3.63) is 0 Å². The van der Waals surface area contributed by atoms with Gasteiger partial charge in [0.1, 0.15) is 0 Å². The third-order valence-corrected chi connectivity index (χ3v) is 4.12. The van der Waals surface area contributed by atoms with Gasteiger partial charge in [-0.05, 0) is 25.8 Å². The Bertz CT molecular complexity index is 217. The Balaban J connectivity index is 2.02. The zero-order valence-corrected chi connectivity index (χ0v) is 11.3. The summed E-state index contributed by atoms with van der Waals surface area (Å²) in [5.74, 6) is 0.944. The van der Waals surface area contributed by atoms with Crippen LogP contribution < -0.4 is 5.32 Å². The average molecular weight is 241 g/mol. The van der Waals surface area contributed by atoms with Crippen molar-refractivity contribution in [3.63, 3.8) is 0 Å². The molecule has 0 aromatic carbocycles. The van der Waals surface area contributed by atoms with Crippen molar-refractivity contribution in [2.75, 3.05) is 26.4 Å². The van der Waals surface area contributed by atoms with Crippen molar-refractivity contribution in [2.24, 2.45) is 5.92 Å². The van der Waals surface area contributed by atoms with Crippen LogP contribution in [0.3, 0.4) is 0 Å². The predicted molar refractivity (Wildman–Crippen MR) is 69.2 cm³/mol. The van der Waals surface area contributed by atoms with Gasteiger partial charge in [-0.15, -0.1) is 0 Å². The first kappa shape index (κ1) is 13.3. The van der Waals surface area contributed by atoms with Crippen LogP contribution in [0.5, 0.6) is 0 Å². The van der Waals surface area contributed by atoms with Crippen molar-refractivity contribution in [2.45, 2.75) is 57.6 Å². The minimum atomic E-state index is 0.0333. The summed E-state index contributed by atoms with van der Waals surface area (Å²) in [6.07, 6.45) is 6.21. The second-order valence-electron chi connectivity index (χ2n) is 5.40. The molecule has 0 spiro atoms. The number of hydrogen-bond acceptors (Lipinski definition) is 3. The van der Waals surface area contributed by atoms with E-state index >= 15 is 0 Å². The van der Waals surface area contributed by atoms with Crippen molar-refractivity contribution in [3.8, 4) is 0 Å². The highest BCUT2D eigenvalue weighted by Gasteiger charge is 2.42. The van der Waals surface area contributed by atoms with Crippen LogP contribution in [0.1, 0.15) is 46.0 Å². The van der Waals surface area contributed by atoms with E-state index < -0.39 is 0 Å². The molecule has 0 radical (unpaired) electrons. The molecule has 1 aliphatic carbocycles. The van der Waals surface area contributed by atoms with E-state index in [9.17, 15) is 0 Å². The SMILES string of the molecule is CCNC(CC1CC1)C1(OCC)CCOCC1. The topological polar surface area (TPSA) is 30.5 Å². The lowest BCUT2D eigenvalue weighted by atomic mass is 9.83. The molecule has 1 saturated heterocycles. The van der Waals surface area contributed by atoms with Gasteiger partial charge < -0.3 is 14.8 Å². The molecule has 0 aromatic heterocycles. The van der Waals surface area contributed by atoms with Gasteiger partial charge >= 0.3 is 0 Å². The van der Waals surface area contributed by atoms with Crippen LogP contribution in [0, 0.1) is 5.92 Å². The van der Waals surface area contributed by atoms with E-state index in [4.69, 9.17) is 9.47 Å². The quantitative estimate of drug-likeness (QED) is 0.742. The first-order valence-electron chi connectivity index (χ1n) is 7.26. The molecule has 1 N–H and O–H groups in total. The minimum absolute atomic E-state index is 0.0333. The molecule has 0 aromatic rings. The molecule has 1 unspecified atom stereocenters. The lowest BCUT2D eigenvalue weighted by Gasteiger charge is -2.43. The molecule has 1 atom stereocenters. The normalized spacial score (nSPS) is 25.8. The number of nitrogens with one attached hydrogen (secondary N) is 1. The maximum absolute atomic E-state index is 6.17. The molecule has 3 heteroatoms. The molecule has 1 heterocycles. The lowest BCUT2D eigenvalue weighted by molar-refractivity contribution is -0.128. The van der Waals surface area contributed by atoms with Gasteiger partial charge in [0.05, 0.1) is 5.60 Å². The van der Waals surface area contributed by atoms with Gasteiger partial charge in [-0.1, -0.05) is 19.8 Å². The van der Waals surface area contributed by atoms with Crippen LogP contribution >= 0.6 is 0 Å². The third kappa shape index (κ3) is 3.43. The molecular weight excluding hydrogens is 214 g/mol. The largest absolute Gasteiger partial charge is 0.381 e. The first-order chi connectivity index (χ1) is 8.30. The molecule has 2 aliphatic rings. The summed E-state index contributed by atoms with van der Waals surface area (Å²) in [6.45, 7) is 7.86. The van der Waals surface area contributed by atoms with Crippen LogP contribution in [0.2, 0.25) is 0 Å². The highest BCUT2D eigenvalue weighted by molar-refractivity contribution is 4.97.